The van der Waals surface area contributed by atoms with Crippen molar-refractivity contribution >= 4 is 11.9 Å². The van der Waals surface area contributed by atoms with Crippen LogP contribution in [0.4, 0.5) is 0 Å². The van der Waals surface area contributed by atoms with Gasteiger partial charge in [0.2, 0.25) is 5.91 Å². The summed E-state index contributed by atoms with van der Waals surface area (Å²) < 4.78 is 0. The lowest BCUT2D eigenvalue weighted by molar-refractivity contribution is -0.143. The maximum absolute atomic E-state index is 11.9. The third-order valence-electron chi connectivity index (χ3n) is 4.40. The summed E-state index contributed by atoms with van der Waals surface area (Å²) in [4.78, 5) is 23.8. The zero-order valence-corrected chi connectivity index (χ0v) is 14.9. The molecule has 1 atom stereocenters. The molecule has 0 aromatic rings. The molecular formula is C18H35NO3. The van der Waals surface area contributed by atoms with Crippen molar-refractivity contribution in [3.8, 4) is 0 Å². The fourth-order valence-electron chi connectivity index (χ4n) is 2.79. The quantitative estimate of drug-likeness (QED) is 0.515. The highest BCUT2D eigenvalue weighted by atomic mass is 16.4. The van der Waals surface area contributed by atoms with E-state index < -0.39 is 5.97 Å². The molecule has 0 aromatic heterocycles. The van der Waals surface area contributed by atoms with Gasteiger partial charge in [0.15, 0.2) is 0 Å². The molecule has 4 nitrogen and oxygen atoms in total. The molecular weight excluding hydrogens is 278 g/mol. The summed E-state index contributed by atoms with van der Waals surface area (Å²) in [6, 6.07) is 0. The Morgan fingerprint density at radius 3 is 2.14 bits per heavy atom. The first kappa shape index (κ1) is 20.9. The second-order valence-corrected chi connectivity index (χ2v) is 6.74. The van der Waals surface area contributed by atoms with E-state index in [1.54, 1.807) is 7.05 Å². The Morgan fingerprint density at radius 2 is 1.59 bits per heavy atom. The van der Waals surface area contributed by atoms with Crippen LogP contribution in [0, 0.1) is 11.8 Å². The molecule has 0 saturated heterocycles. The van der Waals surface area contributed by atoms with Crippen LogP contribution in [0.5, 0.6) is 0 Å². The summed E-state index contributed by atoms with van der Waals surface area (Å²) in [5, 5.41) is 8.71. The van der Waals surface area contributed by atoms with Crippen molar-refractivity contribution in [3.05, 3.63) is 0 Å². The van der Waals surface area contributed by atoms with Crippen LogP contribution in [0.3, 0.4) is 0 Å². The van der Waals surface area contributed by atoms with Crippen LogP contribution >= 0.6 is 0 Å². The molecule has 0 fully saturated rings. The number of carboxylic acid groups (broad SMARTS) is 1. The van der Waals surface area contributed by atoms with Crippen molar-refractivity contribution < 1.29 is 14.7 Å². The van der Waals surface area contributed by atoms with E-state index >= 15 is 0 Å². The third kappa shape index (κ3) is 10.6. The topological polar surface area (TPSA) is 57.6 Å². The second-order valence-electron chi connectivity index (χ2n) is 6.74. The van der Waals surface area contributed by atoms with Crippen LogP contribution in [-0.4, -0.2) is 35.5 Å². The van der Waals surface area contributed by atoms with Crippen molar-refractivity contribution in [2.75, 3.05) is 13.6 Å². The van der Waals surface area contributed by atoms with Gasteiger partial charge in [-0.3, -0.25) is 9.59 Å². The Bertz CT molecular complexity index is 315. The molecule has 0 spiro atoms. The molecule has 0 rings (SSSR count). The lowest BCUT2D eigenvalue weighted by Gasteiger charge is -2.22. The summed E-state index contributed by atoms with van der Waals surface area (Å²) in [6.07, 6.45) is 10.3. The van der Waals surface area contributed by atoms with Gasteiger partial charge in [-0.15, -0.1) is 0 Å². The third-order valence-corrected chi connectivity index (χ3v) is 4.40. The summed E-state index contributed by atoms with van der Waals surface area (Å²) in [7, 11) is 1.56. The van der Waals surface area contributed by atoms with Gasteiger partial charge in [0, 0.05) is 13.5 Å². The van der Waals surface area contributed by atoms with Crippen LogP contribution in [0.1, 0.15) is 78.6 Å². The molecule has 0 aliphatic heterocycles. The predicted octanol–water partition coefficient (Wildman–Crippen LogP) is 4.33. The van der Waals surface area contributed by atoms with Crippen molar-refractivity contribution in [3.63, 3.8) is 0 Å². The van der Waals surface area contributed by atoms with Gasteiger partial charge < -0.3 is 10.0 Å². The fraction of sp³-hybridized carbons (Fsp3) is 0.889. The van der Waals surface area contributed by atoms with Gasteiger partial charge in [0.25, 0.3) is 0 Å². The van der Waals surface area contributed by atoms with E-state index in [2.05, 4.69) is 20.8 Å². The lowest BCUT2D eigenvalue weighted by atomic mass is 9.86. The number of carbonyl (C=O) groups is 2. The Kier molecular flexibility index (Phi) is 11.9. The fourth-order valence-corrected chi connectivity index (χ4v) is 2.79. The minimum atomic E-state index is -0.955. The number of nitrogens with zero attached hydrogens (tertiary/aromatic N) is 1. The predicted molar refractivity (Wildman–Crippen MR) is 90.8 cm³/mol. The van der Waals surface area contributed by atoms with Gasteiger partial charge in [-0.05, 0) is 18.3 Å². The molecule has 1 N–H and O–H groups in total. The monoisotopic (exact) mass is 313 g/mol. The summed E-state index contributed by atoms with van der Waals surface area (Å²) in [6.45, 7) is 6.45. The number of rotatable bonds is 13. The normalized spacial score (nSPS) is 12.4. The maximum Gasteiger partial charge on any atom is 0.323 e. The Labute approximate surface area is 136 Å². The number of carbonyl (C=O) groups excluding carboxylic acids is 1. The van der Waals surface area contributed by atoms with Gasteiger partial charge in [-0.25, -0.2) is 0 Å². The number of likely N-dealkylation sites (N-methyl/N-ethyl adjacent to an activating group) is 1. The standard InChI is InChI=1S/C18H35NO3/c1-5-6-7-8-9-10-11-16(15(2)3)12-13-17(20)19(4)14-18(21)22/h15-16H,5-14H2,1-4H3,(H,21,22). The van der Waals surface area contributed by atoms with E-state index in [4.69, 9.17) is 5.11 Å². The van der Waals surface area contributed by atoms with Crippen molar-refractivity contribution in [2.45, 2.75) is 78.6 Å². The number of hydrogen-bond acceptors (Lipinski definition) is 2. The van der Waals surface area contributed by atoms with E-state index in [1.807, 2.05) is 0 Å². The highest BCUT2D eigenvalue weighted by Crippen LogP contribution is 2.24. The molecule has 130 valence electrons. The molecule has 0 aromatic carbocycles. The number of amides is 1. The highest BCUT2D eigenvalue weighted by molar-refractivity contribution is 5.80. The number of aliphatic carboxylic acids is 1. The van der Waals surface area contributed by atoms with Crippen molar-refractivity contribution in [2.24, 2.45) is 11.8 Å². The van der Waals surface area contributed by atoms with Gasteiger partial charge in [-0.1, -0.05) is 65.7 Å². The van der Waals surface area contributed by atoms with Gasteiger partial charge in [-0.2, -0.15) is 0 Å². The van der Waals surface area contributed by atoms with Gasteiger partial charge in [0.05, 0.1) is 0 Å². The molecule has 4 heteroatoms. The Hall–Kier alpha value is -1.06. The largest absolute Gasteiger partial charge is 0.480 e. The molecule has 22 heavy (non-hydrogen) atoms. The molecule has 0 radical (unpaired) electrons. The highest BCUT2D eigenvalue weighted by Gasteiger charge is 2.17. The molecule has 0 saturated carbocycles. The molecule has 0 aliphatic rings. The maximum atomic E-state index is 11.9. The minimum absolute atomic E-state index is 0.0593. The average molecular weight is 313 g/mol. The summed E-state index contributed by atoms with van der Waals surface area (Å²) >= 11 is 0. The van der Waals surface area contributed by atoms with Crippen LogP contribution in [-0.2, 0) is 9.59 Å². The lowest BCUT2D eigenvalue weighted by Crippen LogP contribution is -2.32. The van der Waals surface area contributed by atoms with Crippen LogP contribution in [0.15, 0.2) is 0 Å². The van der Waals surface area contributed by atoms with E-state index in [9.17, 15) is 9.59 Å². The number of carboxylic acids is 1. The zero-order valence-electron chi connectivity index (χ0n) is 14.9. The average Bonchev–Trinajstić information content (AvgIpc) is 2.44. The minimum Gasteiger partial charge on any atom is -0.480 e. The zero-order chi connectivity index (χ0) is 17.0. The van der Waals surface area contributed by atoms with E-state index in [1.165, 1.54) is 49.8 Å². The molecule has 1 amide bonds. The Morgan fingerprint density at radius 1 is 1.00 bits per heavy atom. The molecule has 0 bridgehead atoms. The van der Waals surface area contributed by atoms with Crippen LogP contribution in [0.25, 0.3) is 0 Å². The second kappa shape index (κ2) is 12.5. The summed E-state index contributed by atoms with van der Waals surface area (Å²) in [5.41, 5.74) is 0. The van der Waals surface area contributed by atoms with E-state index in [0.717, 1.165) is 6.42 Å². The van der Waals surface area contributed by atoms with E-state index in [0.29, 0.717) is 18.3 Å². The van der Waals surface area contributed by atoms with Crippen LogP contribution in [0.2, 0.25) is 0 Å². The van der Waals surface area contributed by atoms with Gasteiger partial charge in [0.1, 0.15) is 6.54 Å². The first-order valence-electron chi connectivity index (χ1n) is 8.84. The SMILES string of the molecule is CCCCCCCCC(CCC(=O)N(C)CC(=O)O)C(C)C. The molecule has 0 heterocycles. The first-order valence-corrected chi connectivity index (χ1v) is 8.84. The van der Waals surface area contributed by atoms with E-state index in [-0.39, 0.29) is 12.5 Å². The summed E-state index contributed by atoms with van der Waals surface area (Å²) in [5.74, 6) is 0.126. The number of hydrogen-bond donors (Lipinski definition) is 1. The van der Waals surface area contributed by atoms with Crippen molar-refractivity contribution in [1.82, 2.24) is 4.90 Å². The molecule has 0 aliphatic carbocycles. The smallest absolute Gasteiger partial charge is 0.323 e. The molecule has 1 unspecified atom stereocenters. The first-order chi connectivity index (χ1) is 10.4. The van der Waals surface area contributed by atoms with Gasteiger partial charge >= 0.3 is 5.97 Å². The Balaban J connectivity index is 3.98. The van der Waals surface area contributed by atoms with Crippen molar-refractivity contribution in [1.29, 1.82) is 0 Å². The number of unbranched alkanes of at least 4 members (excludes halogenated alkanes) is 5. The van der Waals surface area contributed by atoms with Crippen LogP contribution < -0.4 is 0 Å².